The molecule has 2 aromatic carbocycles. The van der Waals surface area contributed by atoms with Crippen LogP contribution in [0.2, 0.25) is 0 Å². The molecular weight excluding hydrogens is 453 g/mol. The lowest BCUT2D eigenvalue weighted by atomic mass is 10.1. The first-order valence-electron chi connectivity index (χ1n) is 10.3. The first-order chi connectivity index (χ1) is 16.2. The number of rotatable bonds is 6. The molecule has 2 heterocycles. The highest BCUT2D eigenvalue weighted by molar-refractivity contribution is 5.90. The Hall–Kier alpha value is -4.08. The van der Waals surface area contributed by atoms with Crippen molar-refractivity contribution in [3.63, 3.8) is 0 Å². The zero-order valence-corrected chi connectivity index (χ0v) is 18.2. The van der Waals surface area contributed by atoms with E-state index in [9.17, 15) is 22.8 Å². The van der Waals surface area contributed by atoms with Gasteiger partial charge >= 0.3 is 12.1 Å². The van der Waals surface area contributed by atoms with Crippen molar-refractivity contribution in [1.29, 1.82) is 0 Å². The quantitative estimate of drug-likeness (QED) is 0.375. The van der Waals surface area contributed by atoms with E-state index >= 15 is 0 Å². The Bertz CT molecular complexity index is 1410. The molecule has 176 valence electrons. The molecule has 0 unspecified atom stereocenters. The highest BCUT2D eigenvalue weighted by Gasteiger charge is 2.30. The van der Waals surface area contributed by atoms with Crippen LogP contribution in [0.5, 0.6) is 0 Å². The van der Waals surface area contributed by atoms with Crippen LogP contribution >= 0.6 is 0 Å². The molecule has 4 rings (SSSR count). The van der Waals surface area contributed by atoms with Crippen LogP contribution in [0.15, 0.2) is 64.0 Å². The second-order valence-corrected chi connectivity index (χ2v) is 7.33. The summed E-state index contributed by atoms with van der Waals surface area (Å²) in [5.41, 5.74) is -0.152. The van der Waals surface area contributed by atoms with E-state index in [4.69, 9.17) is 14.0 Å². The molecule has 0 aliphatic carbocycles. The second-order valence-electron chi connectivity index (χ2n) is 7.33. The number of halogens is 3. The molecule has 0 atom stereocenters. The summed E-state index contributed by atoms with van der Waals surface area (Å²) in [6.07, 6.45) is -3.24. The highest BCUT2D eigenvalue weighted by Crippen LogP contribution is 2.29. The number of imidazole rings is 1. The van der Waals surface area contributed by atoms with Gasteiger partial charge in [-0.3, -0.25) is 4.79 Å². The van der Waals surface area contributed by atoms with Crippen molar-refractivity contribution in [2.24, 2.45) is 0 Å². The number of carbonyl (C=O) groups is 1. The molecule has 0 N–H and O–H groups in total. The van der Waals surface area contributed by atoms with Crippen molar-refractivity contribution in [2.75, 3.05) is 6.61 Å². The lowest BCUT2D eigenvalue weighted by Gasteiger charge is -2.13. The van der Waals surface area contributed by atoms with E-state index in [0.29, 0.717) is 16.5 Å². The number of benzene rings is 2. The summed E-state index contributed by atoms with van der Waals surface area (Å²) >= 11 is 0. The fourth-order valence-corrected chi connectivity index (χ4v) is 3.40. The van der Waals surface area contributed by atoms with Crippen molar-refractivity contribution >= 4 is 16.9 Å². The molecule has 2 aromatic heterocycles. The number of fused-ring (bicyclic) bond motifs is 1. The Labute approximate surface area is 191 Å². The molecule has 0 spiro atoms. The maximum absolute atomic E-state index is 13.1. The largest absolute Gasteiger partial charge is 0.463 e. The SMILES string of the molecule is CCOC(=O)c1c(C)nc(-c2coc3ccccc3c2=O)n1OCc1ccc(C(F)(F)F)cc1. The van der Waals surface area contributed by atoms with Crippen LogP contribution in [0, 0.1) is 6.92 Å². The Kier molecular flexibility index (Phi) is 6.14. The van der Waals surface area contributed by atoms with Gasteiger partial charge in [0.05, 0.1) is 23.3 Å². The van der Waals surface area contributed by atoms with Crippen molar-refractivity contribution in [1.82, 2.24) is 9.71 Å². The number of carbonyl (C=O) groups excluding carboxylic acids is 1. The van der Waals surface area contributed by atoms with Gasteiger partial charge in [-0.1, -0.05) is 24.3 Å². The Morgan fingerprint density at radius 3 is 2.50 bits per heavy atom. The van der Waals surface area contributed by atoms with Crippen LogP contribution in [-0.2, 0) is 17.5 Å². The van der Waals surface area contributed by atoms with E-state index in [1.54, 1.807) is 38.1 Å². The first kappa shape index (κ1) is 23.1. The van der Waals surface area contributed by atoms with Gasteiger partial charge in [0, 0.05) is 0 Å². The van der Waals surface area contributed by atoms with Gasteiger partial charge in [0.25, 0.3) is 0 Å². The maximum Gasteiger partial charge on any atom is 0.416 e. The predicted octanol–water partition coefficient (Wildman–Crippen LogP) is 4.79. The monoisotopic (exact) mass is 472 g/mol. The van der Waals surface area contributed by atoms with E-state index in [1.165, 1.54) is 18.4 Å². The van der Waals surface area contributed by atoms with Gasteiger partial charge in [-0.25, -0.2) is 9.78 Å². The number of ether oxygens (including phenoxy) is 1. The third kappa shape index (κ3) is 4.39. The standard InChI is InChI=1S/C24H19F3N2O5/c1-3-32-23(31)20-14(2)28-22(18-13-33-19-7-5-4-6-17(19)21(18)30)29(20)34-12-15-8-10-16(11-9-15)24(25,26)27/h4-11,13H,3,12H2,1-2H3. The van der Waals surface area contributed by atoms with Crippen molar-refractivity contribution in [2.45, 2.75) is 26.6 Å². The minimum absolute atomic E-state index is 0.00645. The smallest absolute Gasteiger partial charge is 0.416 e. The fraction of sp³-hybridized carbons (Fsp3) is 0.208. The molecule has 0 aliphatic rings. The summed E-state index contributed by atoms with van der Waals surface area (Å²) < 4.78 is 50.3. The summed E-state index contributed by atoms with van der Waals surface area (Å²) in [5.74, 6) is -0.719. The number of esters is 1. The third-order valence-electron chi connectivity index (χ3n) is 5.04. The lowest BCUT2D eigenvalue weighted by molar-refractivity contribution is -0.137. The van der Waals surface area contributed by atoms with E-state index in [1.807, 2.05) is 0 Å². The van der Waals surface area contributed by atoms with Crippen LogP contribution in [0.25, 0.3) is 22.4 Å². The molecule has 0 bridgehead atoms. The molecule has 10 heteroatoms. The molecule has 4 aromatic rings. The minimum Gasteiger partial charge on any atom is -0.463 e. The molecule has 0 saturated carbocycles. The number of alkyl halides is 3. The zero-order chi connectivity index (χ0) is 24.5. The van der Waals surface area contributed by atoms with Gasteiger partial charge in [0.1, 0.15) is 24.0 Å². The fourth-order valence-electron chi connectivity index (χ4n) is 3.40. The van der Waals surface area contributed by atoms with Gasteiger partial charge in [-0.2, -0.15) is 17.9 Å². The molecule has 0 aliphatic heterocycles. The van der Waals surface area contributed by atoms with Gasteiger partial charge in [0.15, 0.2) is 11.5 Å². The minimum atomic E-state index is -4.46. The van der Waals surface area contributed by atoms with Crippen molar-refractivity contribution in [3.05, 3.63) is 87.5 Å². The summed E-state index contributed by atoms with van der Waals surface area (Å²) in [7, 11) is 0. The van der Waals surface area contributed by atoms with Gasteiger partial charge in [-0.05, 0) is 43.7 Å². The molecule has 0 saturated heterocycles. The molecule has 7 nitrogen and oxygen atoms in total. The van der Waals surface area contributed by atoms with E-state index < -0.39 is 17.7 Å². The Morgan fingerprint density at radius 1 is 1.12 bits per heavy atom. The summed E-state index contributed by atoms with van der Waals surface area (Å²) in [5, 5.41) is 0.313. The molecule has 0 radical (unpaired) electrons. The second kappa shape index (κ2) is 9.05. The van der Waals surface area contributed by atoms with Crippen LogP contribution in [0.3, 0.4) is 0 Å². The first-order valence-corrected chi connectivity index (χ1v) is 10.3. The number of aryl methyl sites for hydroxylation is 1. The van der Waals surface area contributed by atoms with Gasteiger partial charge in [0.2, 0.25) is 5.43 Å². The lowest BCUT2D eigenvalue weighted by Crippen LogP contribution is -2.22. The summed E-state index contributed by atoms with van der Waals surface area (Å²) in [6.45, 7) is 3.08. The third-order valence-corrected chi connectivity index (χ3v) is 5.04. The Balaban J connectivity index is 1.77. The average molecular weight is 472 g/mol. The number of para-hydroxylation sites is 1. The maximum atomic E-state index is 13.1. The predicted molar refractivity (Wildman–Crippen MR) is 116 cm³/mol. The number of nitrogens with zero attached hydrogens (tertiary/aromatic N) is 2. The van der Waals surface area contributed by atoms with E-state index in [2.05, 4.69) is 4.98 Å². The molecule has 0 amide bonds. The average Bonchev–Trinajstić information content (AvgIpc) is 3.13. The Morgan fingerprint density at radius 2 is 1.82 bits per heavy atom. The van der Waals surface area contributed by atoms with E-state index in [-0.39, 0.29) is 41.4 Å². The van der Waals surface area contributed by atoms with Gasteiger partial charge < -0.3 is 14.0 Å². The molecular formula is C24H19F3N2O5. The molecule has 34 heavy (non-hydrogen) atoms. The number of hydrogen-bond donors (Lipinski definition) is 0. The summed E-state index contributed by atoms with van der Waals surface area (Å²) in [6, 6.07) is 11.0. The zero-order valence-electron chi connectivity index (χ0n) is 18.2. The summed E-state index contributed by atoms with van der Waals surface area (Å²) in [4.78, 5) is 35.8. The topological polar surface area (TPSA) is 83.6 Å². The normalized spacial score (nSPS) is 11.6. The van der Waals surface area contributed by atoms with Crippen molar-refractivity contribution < 1.29 is 32.0 Å². The van der Waals surface area contributed by atoms with Crippen LogP contribution in [-0.4, -0.2) is 22.3 Å². The number of hydrogen-bond acceptors (Lipinski definition) is 6. The van der Waals surface area contributed by atoms with Crippen LogP contribution in [0.4, 0.5) is 13.2 Å². The van der Waals surface area contributed by atoms with Crippen LogP contribution in [0.1, 0.15) is 34.2 Å². The van der Waals surface area contributed by atoms with Crippen LogP contribution < -0.4 is 10.3 Å². The van der Waals surface area contributed by atoms with E-state index in [0.717, 1.165) is 16.9 Å². The highest BCUT2D eigenvalue weighted by atomic mass is 19.4. The van der Waals surface area contributed by atoms with Crippen molar-refractivity contribution in [3.8, 4) is 11.4 Å². The number of aromatic nitrogens is 2. The molecule has 0 fully saturated rings. The van der Waals surface area contributed by atoms with Gasteiger partial charge in [-0.15, -0.1) is 0 Å².